The zero-order valence-corrected chi connectivity index (χ0v) is 14.7. The van der Waals surface area contributed by atoms with Gasteiger partial charge in [0.1, 0.15) is 12.1 Å². The zero-order chi connectivity index (χ0) is 18.4. The van der Waals surface area contributed by atoms with Crippen LogP contribution < -0.4 is 16.0 Å². The zero-order valence-electron chi connectivity index (χ0n) is 14.7. The van der Waals surface area contributed by atoms with E-state index in [1.165, 1.54) is 11.9 Å². The van der Waals surface area contributed by atoms with Gasteiger partial charge in [0.05, 0.1) is 0 Å². The maximum atomic E-state index is 11.9. The highest BCUT2D eigenvalue weighted by atomic mass is 16.2. The molecular formula is C18H21N7O. The van der Waals surface area contributed by atoms with Crippen LogP contribution in [-0.4, -0.2) is 38.9 Å². The molecule has 0 fully saturated rings. The first-order chi connectivity index (χ1) is 12.6. The van der Waals surface area contributed by atoms with E-state index >= 15 is 0 Å². The van der Waals surface area contributed by atoms with Crippen molar-refractivity contribution in [3.63, 3.8) is 0 Å². The Hall–Kier alpha value is -3.42. The van der Waals surface area contributed by atoms with Gasteiger partial charge in [-0.05, 0) is 43.2 Å². The molecule has 0 spiro atoms. The van der Waals surface area contributed by atoms with Crippen LogP contribution in [0.5, 0.6) is 0 Å². The summed E-state index contributed by atoms with van der Waals surface area (Å²) in [5.74, 6) is 1.34. The molecule has 2 aromatic heterocycles. The molecule has 0 aliphatic rings. The monoisotopic (exact) mass is 351 g/mol. The molecule has 134 valence electrons. The Morgan fingerprint density at radius 2 is 2.00 bits per heavy atom. The number of benzene rings is 1. The number of rotatable bonds is 6. The van der Waals surface area contributed by atoms with Crippen LogP contribution in [0.4, 0.5) is 16.3 Å². The van der Waals surface area contributed by atoms with Crippen molar-refractivity contribution in [3.05, 3.63) is 60.2 Å². The molecule has 0 atom stereocenters. The van der Waals surface area contributed by atoms with Crippen molar-refractivity contribution >= 4 is 17.5 Å². The van der Waals surface area contributed by atoms with Crippen molar-refractivity contribution in [2.75, 3.05) is 23.7 Å². The molecule has 0 saturated heterocycles. The minimum Gasteiger partial charge on any atom is -0.368 e. The summed E-state index contributed by atoms with van der Waals surface area (Å²) in [6, 6.07) is 9.20. The lowest BCUT2D eigenvalue weighted by molar-refractivity contribution is 0.252. The molecule has 3 aromatic rings. The summed E-state index contributed by atoms with van der Waals surface area (Å²) in [5.41, 5.74) is 3.11. The summed E-state index contributed by atoms with van der Waals surface area (Å²) in [4.78, 5) is 20.3. The van der Waals surface area contributed by atoms with Crippen LogP contribution in [0.15, 0.2) is 49.1 Å². The number of anilines is 2. The first-order valence-electron chi connectivity index (χ1n) is 8.30. The number of nitrogens with zero attached hydrogens (tertiary/aromatic N) is 4. The van der Waals surface area contributed by atoms with E-state index < -0.39 is 0 Å². The molecule has 3 rings (SSSR count). The first kappa shape index (κ1) is 17.4. The number of amides is 2. The van der Waals surface area contributed by atoms with Gasteiger partial charge in [-0.1, -0.05) is 6.07 Å². The van der Waals surface area contributed by atoms with Gasteiger partial charge in [0.2, 0.25) is 0 Å². The summed E-state index contributed by atoms with van der Waals surface area (Å²) >= 11 is 0. The Balaban J connectivity index is 1.44. The van der Waals surface area contributed by atoms with Crippen LogP contribution >= 0.6 is 0 Å². The highest BCUT2D eigenvalue weighted by Gasteiger charge is 2.03. The van der Waals surface area contributed by atoms with E-state index in [4.69, 9.17) is 0 Å². The molecule has 3 N–H and O–H groups in total. The van der Waals surface area contributed by atoms with Crippen molar-refractivity contribution in [1.29, 1.82) is 0 Å². The van der Waals surface area contributed by atoms with Gasteiger partial charge in [-0.3, -0.25) is 0 Å². The predicted molar refractivity (Wildman–Crippen MR) is 101 cm³/mol. The van der Waals surface area contributed by atoms with Crippen LogP contribution in [-0.2, 0) is 0 Å². The number of aryl methyl sites for hydroxylation is 2. The minimum absolute atomic E-state index is 0.241. The van der Waals surface area contributed by atoms with Gasteiger partial charge in [-0.25, -0.2) is 19.4 Å². The number of nitrogens with one attached hydrogen (secondary N) is 3. The first-order valence-corrected chi connectivity index (χ1v) is 8.30. The molecule has 0 aliphatic heterocycles. The highest BCUT2D eigenvalue weighted by molar-refractivity contribution is 5.89. The number of hydrogen-bond donors (Lipinski definition) is 3. The van der Waals surface area contributed by atoms with Gasteiger partial charge in [0, 0.05) is 37.2 Å². The van der Waals surface area contributed by atoms with E-state index in [0.717, 1.165) is 11.3 Å². The van der Waals surface area contributed by atoms with E-state index in [1.807, 2.05) is 44.3 Å². The van der Waals surface area contributed by atoms with Crippen LogP contribution in [0.2, 0.25) is 0 Å². The van der Waals surface area contributed by atoms with Gasteiger partial charge < -0.3 is 16.0 Å². The second-order valence-corrected chi connectivity index (χ2v) is 5.82. The lowest BCUT2D eigenvalue weighted by Crippen LogP contribution is -2.32. The van der Waals surface area contributed by atoms with Crippen LogP contribution in [0.3, 0.4) is 0 Å². The van der Waals surface area contributed by atoms with E-state index in [-0.39, 0.29) is 6.03 Å². The fraction of sp³-hybridized carbons (Fsp3) is 0.222. The van der Waals surface area contributed by atoms with Gasteiger partial charge in [-0.2, -0.15) is 5.10 Å². The molecule has 2 amide bonds. The van der Waals surface area contributed by atoms with Gasteiger partial charge in [0.25, 0.3) is 0 Å². The van der Waals surface area contributed by atoms with Gasteiger partial charge >= 0.3 is 6.03 Å². The van der Waals surface area contributed by atoms with Gasteiger partial charge in [0.15, 0.2) is 5.82 Å². The molecular weight excluding hydrogens is 330 g/mol. The third-order valence-electron chi connectivity index (χ3n) is 3.87. The molecule has 2 heterocycles. The maximum absolute atomic E-state index is 11.9. The van der Waals surface area contributed by atoms with E-state index in [2.05, 4.69) is 31.0 Å². The van der Waals surface area contributed by atoms with Crippen LogP contribution in [0.25, 0.3) is 5.82 Å². The van der Waals surface area contributed by atoms with Crippen molar-refractivity contribution < 1.29 is 4.79 Å². The third kappa shape index (κ3) is 4.56. The second-order valence-electron chi connectivity index (χ2n) is 5.82. The Kier molecular flexibility index (Phi) is 5.43. The van der Waals surface area contributed by atoms with Crippen molar-refractivity contribution in [2.45, 2.75) is 13.8 Å². The normalized spacial score (nSPS) is 10.4. The second kappa shape index (κ2) is 8.11. The van der Waals surface area contributed by atoms with Crippen molar-refractivity contribution in [1.82, 2.24) is 25.1 Å². The lowest BCUT2D eigenvalue weighted by Gasteiger charge is -2.10. The van der Waals surface area contributed by atoms with Crippen LogP contribution in [0, 0.1) is 13.8 Å². The minimum atomic E-state index is -0.241. The molecule has 0 bridgehead atoms. The summed E-state index contributed by atoms with van der Waals surface area (Å²) in [6.45, 7) is 5.05. The summed E-state index contributed by atoms with van der Waals surface area (Å²) < 4.78 is 1.65. The molecule has 26 heavy (non-hydrogen) atoms. The summed E-state index contributed by atoms with van der Waals surface area (Å²) in [7, 11) is 0. The Bertz CT molecular complexity index is 877. The molecule has 0 saturated carbocycles. The van der Waals surface area contributed by atoms with Crippen molar-refractivity contribution in [2.24, 2.45) is 0 Å². The highest BCUT2D eigenvalue weighted by Crippen LogP contribution is 2.13. The SMILES string of the molecule is Cc1ccc(NC(=O)NCCNc2cc(-n3cccn3)ncn2)cc1C. The lowest BCUT2D eigenvalue weighted by atomic mass is 10.1. The molecule has 8 heteroatoms. The number of carbonyl (C=O) groups excluding carboxylic acids is 1. The van der Waals surface area contributed by atoms with Crippen LogP contribution in [0.1, 0.15) is 11.1 Å². The third-order valence-corrected chi connectivity index (χ3v) is 3.87. The van der Waals surface area contributed by atoms with Gasteiger partial charge in [-0.15, -0.1) is 0 Å². The molecule has 8 nitrogen and oxygen atoms in total. The Morgan fingerprint density at radius 3 is 2.77 bits per heavy atom. The van der Waals surface area contributed by atoms with E-state index in [0.29, 0.717) is 24.7 Å². The quantitative estimate of drug-likeness (QED) is 0.593. The molecule has 0 aliphatic carbocycles. The smallest absolute Gasteiger partial charge is 0.319 e. The number of carbonyl (C=O) groups is 1. The number of urea groups is 1. The fourth-order valence-corrected chi connectivity index (χ4v) is 2.33. The average Bonchev–Trinajstić information content (AvgIpc) is 3.17. The number of hydrogen-bond acceptors (Lipinski definition) is 5. The van der Waals surface area contributed by atoms with E-state index in [9.17, 15) is 4.79 Å². The summed E-state index contributed by atoms with van der Waals surface area (Å²) in [6.07, 6.45) is 4.97. The van der Waals surface area contributed by atoms with E-state index in [1.54, 1.807) is 16.9 Å². The Morgan fingerprint density at radius 1 is 1.12 bits per heavy atom. The fourth-order valence-electron chi connectivity index (χ4n) is 2.33. The standard InChI is InChI=1S/C18H21N7O/c1-13-4-5-15(10-14(13)2)24-18(26)20-8-7-19-16-11-17(22-12-21-16)25-9-3-6-23-25/h3-6,9-12H,7-8H2,1-2H3,(H,19,21,22)(H2,20,24,26). The molecule has 0 unspecified atom stereocenters. The summed E-state index contributed by atoms with van der Waals surface area (Å²) in [5, 5.41) is 12.9. The van der Waals surface area contributed by atoms with Crippen molar-refractivity contribution in [3.8, 4) is 5.82 Å². The Labute approximate surface area is 151 Å². The number of aromatic nitrogens is 4. The molecule has 1 aromatic carbocycles. The average molecular weight is 351 g/mol. The predicted octanol–water partition coefficient (Wildman–Crippen LogP) is 2.51. The molecule has 0 radical (unpaired) electrons. The largest absolute Gasteiger partial charge is 0.368 e. The topological polar surface area (TPSA) is 96.8 Å². The maximum Gasteiger partial charge on any atom is 0.319 e.